The van der Waals surface area contributed by atoms with Gasteiger partial charge in [0.05, 0.1) is 38.3 Å². The molecule has 1 aliphatic rings. The van der Waals surface area contributed by atoms with Gasteiger partial charge in [-0.1, -0.05) is 12.1 Å². The normalized spacial score (nSPS) is 15.4. The van der Waals surface area contributed by atoms with Gasteiger partial charge in [-0.2, -0.15) is 5.10 Å². The van der Waals surface area contributed by atoms with Crippen molar-refractivity contribution < 1.29 is 23.5 Å². The quantitative estimate of drug-likeness (QED) is 0.474. The maximum Gasteiger partial charge on any atom is 0.337 e. The number of hydrazone groups is 1. The third kappa shape index (κ3) is 5.18. The summed E-state index contributed by atoms with van der Waals surface area (Å²) in [6.07, 6.45) is 2.16. The van der Waals surface area contributed by atoms with Crippen molar-refractivity contribution in [3.05, 3.63) is 89.4 Å². The van der Waals surface area contributed by atoms with Crippen LogP contribution in [0.3, 0.4) is 0 Å². The number of benzene rings is 2. The number of esters is 1. The average molecular weight is 462 g/mol. The Morgan fingerprint density at radius 1 is 1.09 bits per heavy atom. The number of carbonyl (C=O) groups is 2. The predicted octanol–water partition coefficient (Wildman–Crippen LogP) is 3.88. The number of hydrogen-bond donors (Lipinski definition) is 0. The van der Waals surface area contributed by atoms with Gasteiger partial charge in [-0.3, -0.25) is 9.69 Å². The van der Waals surface area contributed by atoms with E-state index in [4.69, 9.17) is 13.9 Å². The summed E-state index contributed by atoms with van der Waals surface area (Å²) in [6.45, 7) is 0.719. The Labute approximate surface area is 198 Å². The van der Waals surface area contributed by atoms with Crippen LogP contribution in [0, 0.1) is 0 Å². The van der Waals surface area contributed by atoms with Gasteiger partial charge in [0, 0.05) is 13.0 Å². The van der Waals surface area contributed by atoms with Crippen molar-refractivity contribution in [3.8, 4) is 5.75 Å². The van der Waals surface area contributed by atoms with Crippen molar-refractivity contribution in [2.75, 3.05) is 27.8 Å². The van der Waals surface area contributed by atoms with E-state index >= 15 is 0 Å². The lowest BCUT2D eigenvalue weighted by molar-refractivity contribution is -0.134. The zero-order valence-corrected chi connectivity index (χ0v) is 19.4. The molecule has 3 aromatic rings. The predicted molar refractivity (Wildman–Crippen MR) is 127 cm³/mol. The second-order valence-corrected chi connectivity index (χ2v) is 8.11. The number of ether oxygens (including phenoxy) is 2. The first-order valence-corrected chi connectivity index (χ1v) is 10.9. The molecule has 1 amide bonds. The molecule has 8 nitrogen and oxygen atoms in total. The van der Waals surface area contributed by atoms with Gasteiger partial charge in [-0.25, -0.2) is 9.80 Å². The molecule has 0 saturated heterocycles. The molecule has 0 unspecified atom stereocenters. The highest BCUT2D eigenvalue weighted by Gasteiger charge is 2.35. The molecule has 0 radical (unpaired) electrons. The number of methoxy groups -OCH3 is 2. The van der Waals surface area contributed by atoms with E-state index < -0.39 is 0 Å². The number of nitrogens with zero attached hydrogens (tertiary/aromatic N) is 3. The molecule has 2 aromatic carbocycles. The van der Waals surface area contributed by atoms with Crippen LogP contribution in [-0.4, -0.2) is 55.3 Å². The molecule has 0 N–H and O–H groups in total. The van der Waals surface area contributed by atoms with Gasteiger partial charge in [0.15, 0.2) is 0 Å². The van der Waals surface area contributed by atoms with E-state index in [0.717, 1.165) is 22.6 Å². The Bertz CT molecular complexity index is 1150. The highest BCUT2D eigenvalue weighted by atomic mass is 16.5. The Morgan fingerprint density at radius 3 is 2.44 bits per heavy atom. The van der Waals surface area contributed by atoms with Crippen LogP contribution in [0.2, 0.25) is 0 Å². The number of carbonyl (C=O) groups excluding carboxylic acids is 2. The van der Waals surface area contributed by atoms with E-state index in [-0.39, 0.29) is 24.5 Å². The summed E-state index contributed by atoms with van der Waals surface area (Å²) >= 11 is 0. The number of likely N-dealkylation sites (N-methyl/N-ethyl adjacent to an activating group) is 1. The summed E-state index contributed by atoms with van der Waals surface area (Å²) in [7, 11) is 4.85. The van der Waals surface area contributed by atoms with Gasteiger partial charge in [-0.05, 0) is 66.7 Å². The van der Waals surface area contributed by atoms with Crippen molar-refractivity contribution in [1.29, 1.82) is 0 Å². The standard InChI is InChI=1S/C26H27N3O5/c1-28(16-18-6-8-20(9-7-18)26(31)33-3)17-25(30)29-23(24-5-4-14-34-24)15-22(27-29)19-10-12-21(32-2)13-11-19/h4-14,23H,15-17H2,1-3H3/t23-/m1/s1. The van der Waals surface area contributed by atoms with E-state index in [9.17, 15) is 9.59 Å². The molecule has 2 heterocycles. The van der Waals surface area contributed by atoms with Gasteiger partial charge in [0.2, 0.25) is 0 Å². The first-order chi connectivity index (χ1) is 16.5. The van der Waals surface area contributed by atoms with Crippen LogP contribution in [0.1, 0.15) is 39.7 Å². The van der Waals surface area contributed by atoms with E-state index in [2.05, 4.69) is 5.10 Å². The molecular formula is C26H27N3O5. The van der Waals surface area contributed by atoms with Crippen molar-refractivity contribution >= 4 is 17.6 Å². The van der Waals surface area contributed by atoms with Crippen LogP contribution in [0.15, 0.2) is 76.4 Å². The second kappa shape index (κ2) is 10.4. The minimum Gasteiger partial charge on any atom is -0.497 e. The highest BCUT2D eigenvalue weighted by Crippen LogP contribution is 2.33. The minimum atomic E-state index is -0.376. The molecule has 0 bridgehead atoms. The monoisotopic (exact) mass is 461 g/mol. The topological polar surface area (TPSA) is 84.6 Å². The number of rotatable bonds is 8. The van der Waals surface area contributed by atoms with Gasteiger partial charge >= 0.3 is 5.97 Å². The Balaban J connectivity index is 1.47. The summed E-state index contributed by atoms with van der Waals surface area (Å²) in [4.78, 5) is 26.8. The molecule has 34 heavy (non-hydrogen) atoms. The largest absolute Gasteiger partial charge is 0.497 e. The first-order valence-electron chi connectivity index (χ1n) is 10.9. The van der Waals surface area contributed by atoms with Crippen LogP contribution < -0.4 is 4.74 Å². The van der Waals surface area contributed by atoms with Crippen LogP contribution in [0.25, 0.3) is 0 Å². The molecule has 0 aliphatic carbocycles. The third-order valence-corrected chi connectivity index (χ3v) is 5.69. The Hall–Kier alpha value is -3.91. The lowest BCUT2D eigenvalue weighted by atomic mass is 10.0. The average Bonchev–Trinajstić information content (AvgIpc) is 3.54. The lowest BCUT2D eigenvalue weighted by Gasteiger charge is -2.23. The van der Waals surface area contributed by atoms with Crippen molar-refractivity contribution in [1.82, 2.24) is 9.91 Å². The summed E-state index contributed by atoms with van der Waals surface area (Å²) in [5.74, 6) is 0.956. The van der Waals surface area contributed by atoms with Gasteiger partial charge in [0.25, 0.3) is 5.91 Å². The molecule has 0 fully saturated rings. The summed E-state index contributed by atoms with van der Waals surface area (Å²) in [5.41, 5.74) is 3.23. The third-order valence-electron chi connectivity index (χ3n) is 5.69. The molecular weight excluding hydrogens is 434 g/mol. The summed E-state index contributed by atoms with van der Waals surface area (Å²) < 4.78 is 15.6. The van der Waals surface area contributed by atoms with Crippen molar-refractivity contribution in [3.63, 3.8) is 0 Å². The maximum atomic E-state index is 13.3. The first kappa shape index (κ1) is 23.3. The Kier molecular flexibility index (Phi) is 7.08. The number of amides is 1. The summed E-state index contributed by atoms with van der Waals surface area (Å²) in [5, 5.41) is 6.20. The molecule has 8 heteroatoms. The molecule has 1 aliphatic heterocycles. The van der Waals surface area contributed by atoms with E-state index in [1.165, 1.54) is 12.1 Å². The van der Waals surface area contributed by atoms with E-state index in [0.29, 0.717) is 24.3 Å². The fourth-order valence-corrected chi connectivity index (χ4v) is 3.94. The SMILES string of the molecule is COC(=O)c1ccc(CN(C)CC(=O)N2N=C(c3ccc(OC)cc3)C[C@@H]2c2ccco2)cc1. The molecule has 1 atom stereocenters. The molecule has 0 spiro atoms. The lowest BCUT2D eigenvalue weighted by Crippen LogP contribution is -2.36. The smallest absolute Gasteiger partial charge is 0.337 e. The van der Waals surface area contributed by atoms with Gasteiger partial charge in [0.1, 0.15) is 17.6 Å². The second-order valence-electron chi connectivity index (χ2n) is 8.11. The molecule has 0 saturated carbocycles. The Morgan fingerprint density at radius 2 is 1.82 bits per heavy atom. The van der Waals surface area contributed by atoms with E-state index in [1.807, 2.05) is 60.5 Å². The maximum absolute atomic E-state index is 13.3. The van der Waals surface area contributed by atoms with Crippen molar-refractivity contribution in [2.45, 2.75) is 19.0 Å². The molecule has 176 valence electrons. The highest BCUT2D eigenvalue weighted by molar-refractivity contribution is 6.03. The number of hydrogen-bond acceptors (Lipinski definition) is 7. The van der Waals surface area contributed by atoms with E-state index in [1.54, 1.807) is 25.5 Å². The van der Waals surface area contributed by atoms with Gasteiger partial charge in [-0.15, -0.1) is 0 Å². The van der Waals surface area contributed by atoms with Crippen LogP contribution in [-0.2, 0) is 16.1 Å². The number of furan rings is 1. The fraction of sp³-hybridized carbons (Fsp3) is 0.269. The molecule has 4 rings (SSSR count). The molecule has 1 aromatic heterocycles. The zero-order valence-electron chi connectivity index (χ0n) is 19.4. The summed E-state index contributed by atoms with van der Waals surface area (Å²) in [6, 6.07) is 18.2. The fourth-order valence-electron chi connectivity index (χ4n) is 3.94. The van der Waals surface area contributed by atoms with Gasteiger partial charge < -0.3 is 13.9 Å². The van der Waals surface area contributed by atoms with Crippen LogP contribution in [0.4, 0.5) is 0 Å². The minimum absolute atomic E-state index is 0.126. The van der Waals surface area contributed by atoms with Crippen molar-refractivity contribution in [2.24, 2.45) is 5.10 Å². The van der Waals surface area contributed by atoms with Crippen LogP contribution in [0.5, 0.6) is 5.75 Å². The zero-order chi connectivity index (χ0) is 24.1. The van der Waals surface area contributed by atoms with Crippen LogP contribution >= 0.6 is 0 Å².